The lowest BCUT2D eigenvalue weighted by Gasteiger charge is -2.44. The second kappa shape index (κ2) is 7.76. The highest BCUT2D eigenvalue weighted by Crippen LogP contribution is 2.34. The Morgan fingerprint density at radius 1 is 1.16 bits per heavy atom. The van der Waals surface area contributed by atoms with Crippen LogP contribution in [0.5, 0.6) is 5.75 Å². The molecule has 0 spiro atoms. The van der Waals surface area contributed by atoms with Crippen LogP contribution in [0, 0.1) is 0 Å². The van der Waals surface area contributed by atoms with E-state index in [1.165, 1.54) is 11.1 Å². The predicted octanol–water partition coefficient (Wildman–Crippen LogP) is 1.93. The number of fused-ring (bicyclic) bond motifs is 2. The first kappa shape index (κ1) is 19.0. The number of rotatable bonds is 5. The molecular weight excluding hydrogens is 392 g/mol. The van der Waals surface area contributed by atoms with Crippen molar-refractivity contribution in [3.63, 3.8) is 0 Å². The Morgan fingerprint density at radius 3 is 3.00 bits per heavy atom. The summed E-state index contributed by atoms with van der Waals surface area (Å²) in [5.74, 6) is 1.91. The van der Waals surface area contributed by atoms with Crippen LogP contribution in [0.3, 0.4) is 0 Å². The summed E-state index contributed by atoms with van der Waals surface area (Å²) in [5, 5.41) is 9.69. The van der Waals surface area contributed by atoms with Crippen LogP contribution in [0.25, 0.3) is 11.2 Å². The molecule has 0 saturated carbocycles. The number of aromatic amines is 1. The molecule has 2 atom stereocenters. The number of aliphatic hydroxyl groups excluding tert-OH is 1. The molecule has 162 valence electrons. The van der Waals surface area contributed by atoms with Gasteiger partial charge in [0.25, 0.3) is 0 Å². The van der Waals surface area contributed by atoms with Crippen LogP contribution in [-0.2, 0) is 12.8 Å². The van der Waals surface area contributed by atoms with Crippen molar-refractivity contribution in [1.29, 1.82) is 0 Å². The van der Waals surface area contributed by atoms with Gasteiger partial charge in [-0.25, -0.2) is 15.0 Å². The van der Waals surface area contributed by atoms with E-state index in [2.05, 4.69) is 47.9 Å². The van der Waals surface area contributed by atoms with Crippen LogP contribution in [0.2, 0.25) is 0 Å². The number of hydrogen-bond acceptors (Lipinski definition) is 7. The molecule has 2 aliphatic heterocycles. The molecule has 6 rings (SSSR count). The quantitative estimate of drug-likeness (QED) is 0.652. The number of benzene rings is 1. The molecule has 0 amide bonds. The summed E-state index contributed by atoms with van der Waals surface area (Å²) in [6.07, 6.45) is 8.58. The number of anilines is 1. The molecule has 31 heavy (non-hydrogen) atoms. The minimum absolute atomic E-state index is 0.149. The van der Waals surface area contributed by atoms with E-state index in [4.69, 9.17) is 4.74 Å². The highest BCUT2D eigenvalue weighted by Gasteiger charge is 2.34. The van der Waals surface area contributed by atoms with Gasteiger partial charge in [-0.05, 0) is 49.3 Å². The number of H-pyrrole nitrogens is 1. The van der Waals surface area contributed by atoms with Crippen molar-refractivity contribution in [2.75, 3.05) is 31.1 Å². The molecule has 3 aliphatic rings. The molecular formula is C23H28N6O2. The summed E-state index contributed by atoms with van der Waals surface area (Å²) in [6.45, 7) is 3.21. The third-order valence-corrected chi connectivity index (χ3v) is 7.10. The number of aliphatic hydroxyl groups is 1. The van der Waals surface area contributed by atoms with Crippen LogP contribution >= 0.6 is 0 Å². The third-order valence-electron chi connectivity index (χ3n) is 7.10. The second-order valence-electron chi connectivity index (χ2n) is 9.00. The van der Waals surface area contributed by atoms with Gasteiger partial charge in [0, 0.05) is 25.7 Å². The van der Waals surface area contributed by atoms with Crippen LogP contribution in [0.4, 0.5) is 5.82 Å². The first-order valence-electron chi connectivity index (χ1n) is 11.3. The summed E-state index contributed by atoms with van der Waals surface area (Å²) < 4.78 is 6.45. The Labute approximate surface area is 181 Å². The molecule has 1 aromatic carbocycles. The summed E-state index contributed by atoms with van der Waals surface area (Å²) in [4.78, 5) is 21.1. The minimum Gasteiger partial charge on any atom is -0.491 e. The first-order valence-corrected chi connectivity index (χ1v) is 11.3. The van der Waals surface area contributed by atoms with Crippen LogP contribution in [0.1, 0.15) is 30.4 Å². The molecule has 1 aliphatic carbocycles. The number of β-amino-alcohol motifs (C(OH)–C–C–N with tert-alkyl or cyclic N) is 1. The monoisotopic (exact) mass is 420 g/mol. The Morgan fingerprint density at radius 2 is 2.10 bits per heavy atom. The number of imidazole rings is 1. The highest BCUT2D eigenvalue weighted by atomic mass is 16.5. The van der Waals surface area contributed by atoms with Gasteiger partial charge in [0.15, 0.2) is 11.5 Å². The van der Waals surface area contributed by atoms with Crippen molar-refractivity contribution in [1.82, 2.24) is 24.8 Å². The van der Waals surface area contributed by atoms with Crippen molar-refractivity contribution < 1.29 is 9.84 Å². The predicted molar refractivity (Wildman–Crippen MR) is 117 cm³/mol. The Bertz CT molecular complexity index is 1080. The zero-order chi connectivity index (χ0) is 20.8. The Balaban J connectivity index is 1.19. The van der Waals surface area contributed by atoms with Gasteiger partial charge < -0.3 is 19.7 Å². The number of aryl methyl sites for hydroxylation is 1. The van der Waals surface area contributed by atoms with E-state index in [0.717, 1.165) is 74.5 Å². The molecule has 1 unspecified atom stereocenters. The lowest BCUT2D eigenvalue weighted by Crippen LogP contribution is -2.56. The summed E-state index contributed by atoms with van der Waals surface area (Å²) in [7, 11) is 0. The smallest absolute Gasteiger partial charge is 0.162 e. The van der Waals surface area contributed by atoms with Gasteiger partial charge in [-0.2, -0.15) is 0 Å². The van der Waals surface area contributed by atoms with E-state index < -0.39 is 0 Å². The zero-order valence-corrected chi connectivity index (χ0v) is 17.6. The van der Waals surface area contributed by atoms with Gasteiger partial charge in [-0.15, -0.1) is 0 Å². The van der Waals surface area contributed by atoms with Crippen molar-refractivity contribution >= 4 is 17.0 Å². The van der Waals surface area contributed by atoms with Crippen molar-refractivity contribution in [3.05, 3.63) is 42.0 Å². The fourth-order valence-electron chi connectivity index (χ4n) is 5.41. The zero-order valence-electron chi connectivity index (χ0n) is 17.6. The lowest BCUT2D eigenvalue weighted by molar-refractivity contribution is -0.0278. The van der Waals surface area contributed by atoms with Gasteiger partial charge in [0.05, 0.1) is 18.5 Å². The topological polar surface area (TPSA) is 90.4 Å². The normalized spacial score (nSPS) is 24.4. The Kier molecular flexibility index (Phi) is 4.76. The van der Waals surface area contributed by atoms with E-state index in [-0.39, 0.29) is 12.1 Å². The first-order chi connectivity index (χ1) is 15.3. The largest absolute Gasteiger partial charge is 0.491 e. The molecule has 3 aromatic rings. The average Bonchev–Trinajstić information content (AvgIpc) is 3.44. The molecule has 2 saturated heterocycles. The second-order valence-corrected chi connectivity index (χ2v) is 9.00. The number of nitrogens with one attached hydrogen (secondary N) is 1. The summed E-state index contributed by atoms with van der Waals surface area (Å²) in [6, 6.07) is 7.25. The molecule has 4 heterocycles. The van der Waals surface area contributed by atoms with Crippen LogP contribution in [0.15, 0.2) is 30.9 Å². The molecule has 0 bridgehead atoms. The van der Waals surface area contributed by atoms with Crippen molar-refractivity contribution in [2.45, 2.75) is 50.3 Å². The van der Waals surface area contributed by atoms with E-state index in [1.807, 2.05) is 0 Å². The standard InChI is InChI=1S/C23H28N6O2/c30-18-10-28(11-18)16-7-6-15-3-1-5-20(19(15)9-16)31-12-17-4-2-8-29(17)23-21-22(25-13-24-21)26-14-27-23/h1,3,5,13-14,16-18,30H,2,4,6-12H2,(H,24,25,26,27)/t16?,17-/m1/s1. The van der Waals surface area contributed by atoms with Crippen LogP contribution < -0.4 is 9.64 Å². The summed E-state index contributed by atoms with van der Waals surface area (Å²) in [5.41, 5.74) is 4.36. The lowest BCUT2D eigenvalue weighted by atomic mass is 9.85. The molecule has 8 heteroatoms. The van der Waals surface area contributed by atoms with Gasteiger partial charge in [0.2, 0.25) is 0 Å². The van der Waals surface area contributed by atoms with Gasteiger partial charge >= 0.3 is 0 Å². The number of ether oxygens (including phenoxy) is 1. The molecule has 2 fully saturated rings. The van der Waals surface area contributed by atoms with Gasteiger partial charge in [-0.3, -0.25) is 4.90 Å². The van der Waals surface area contributed by atoms with Gasteiger partial charge in [0.1, 0.15) is 24.2 Å². The number of likely N-dealkylation sites (tertiary alicyclic amines) is 1. The van der Waals surface area contributed by atoms with Crippen molar-refractivity contribution in [3.8, 4) is 5.75 Å². The molecule has 2 aromatic heterocycles. The number of aromatic nitrogens is 4. The minimum atomic E-state index is -0.149. The highest BCUT2D eigenvalue weighted by molar-refractivity contribution is 5.83. The SMILES string of the molecule is OC1CN(C2CCc3cccc(OC[C@H]4CCCN4c4ncnc5[nH]cnc45)c3C2)C1. The van der Waals surface area contributed by atoms with Crippen molar-refractivity contribution in [2.24, 2.45) is 0 Å². The maximum absolute atomic E-state index is 9.69. The maximum Gasteiger partial charge on any atom is 0.162 e. The molecule has 0 radical (unpaired) electrons. The average molecular weight is 421 g/mol. The van der Waals surface area contributed by atoms with Gasteiger partial charge in [-0.1, -0.05) is 12.1 Å². The third kappa shape index (κ3) is 3.43. The number of nitrogens with zero attached hydrogens (tertiary/aromatic N) is 5. The molecule has 2 N–H and O–H groups in total. The maximum atomic E-state index is 9.69. The van der Waals surface area contributed by atoms with Crippen LogP contribution in [-0.4, -0.2) is 74.4 Å². The summed E-state index contributed by atoms with van der Waals surface area (Å²) >= 11 is 0. The molecule has 8 nitrogen and oxygen atoms in total. The fourth-order valence-corrected chi connectivity index (χ4v) is 5.41. The Hall–Kier alpha value is -2.71. The van der Waals surface area contributed by atoms with E-state index in [1.54, 1.807) is 12.7 Å². The van der Waals surface area contributed by atoms with E-state index in [9.17, 15) is 5.11 Å². The van der Waals surface area contributed by atoms with E-state index >= 15 is 0 Å². The number of hydrogen-bond donors (Lipinski definition) is 2. The fraction of sp³-hybridized carbons (Fsp3) is 0.522. The van der Waals surface area contributed by atoms with E-state index in [0.29, 0.717) is 12.6 Å².